The SMILES string of the molecule is O=C(OC=Nc1ccc(O)cc1)/C(=C/c1cccc(Cl)c1)c1ccccc1. The van der Waals surface area contributed by atoms with Crippen molar-refractivity contribution < 1.29 is 14.6 Å². The Hall–Kier alpha value is -3.37. The topological polar surface area (TPSA) is 58.9 Å². The lowest BCUT2D eigenvalue weighted by Gasteiger charge is -2.06. The van der Waals surface area contributed by atoms with Gasteiger partial charge in [-0.15, -0.1) is 0 Å². The first kappa shape index (κ1) is 18.4. The predicted molar refractivity (Wildman–Crippen MR) is 108 cm³/mol. The van der Waals surface area contributed by atoms with Crippen LogP contribution in [0.3, 0.4) is 0 Å². The molecule has 0 fully saturated rings. The molecule has 0 radical (unpaired) electrons. The number of phenols is 1. The number of hydrogen-bond acceptors (Lipinski definition) is 4. The first-order valence-electron chi connectivity index (χ1n) is 8.17. The lowest BCUT2D eigenvalue weighted by atomic mass is 10.0. The maximum absolute atomic E-state index is 12.6. The minimum absolute atomic E-state index is 0.141. The Kier molecular flexibility index (Phi) is 6.02. The molecule has 0 saturated heterocycles. The summed E-state index contributed by atoms with van der Waals surface area (Å²) in [6.45, 7) is 0. The molecule has 134 valence electrons. The number of rotatable bonds is 5. The Labute approximate surface area is 162 Å². The highest BCUT2D eigenvalue weighted by Gasteiger charge is 2.13. The zero-order valence-corrected chi connectivity index (χ0v) is 15.0. The van der Waals surface area contributed by atoms with E-state index in [0.717, 1.165) is 17.5 Å². The molecule has 5 heteroatoms. The van der Waals surface area contributed by atoms with Gasteiger partial charge < -0.3 is 9.84 Å². The molecule has 0 atom stereocenters. The molecule has 0 amide bonds. The van der Waals surface area contributed by atoms with Gasteiger partial charge in [-0.2, -0.15) is 0 Å². The zero-order chi connectivity index (χ0) is 19.1. The second-order valence-electron chi connectivity index (χ2n) is 5.64. The van der Waals surface area contributed by atoms with E-state index in [9.17, 15) is 9.90 Å². The number of hydrogen-bond donors (Lipinski definition) is 1. The van der Waals surface area contributed by atoms with E-state index < -0.39 is 5.97 Å². The average Bonchev–Trinajstić information content (AvgIpc) is 2.68. The number of aromatic hydroxyl groups is 1. The fourth-order valence-corrected chi connectivity index (χ4v) is 2.58. The highest BCUT2D eigenvalue weighted by atomic mass is 35.5. The largest absolute Gasteiger partial charge is 0.508 e. The molecule has 0 aliphatic carbocycles. The highest BCUT2D eigenvalue weighted by molar-refractivity contribution is 6.31. The highest BCUT2D eigenvalue weighted by Crippen LogP contribution is 2.22. The summed E-state index contributed by atoms with van der Waals surface area (Å²) in [6.07, 6.45) is 2.81. The quantitative estimate of drug-likeness (QED) is 0.210. The van der Waals surface area contributed by atoms with Crippen LogP contribution in [0.1, 0.15) is 11.1 Å². The second-order valence-corrected chi connectivity index (χ2v) is 6.07. The smallest absolute Gasteiger partial charge is 0.345 e. The summed E-state index contributed by atoms with van der Waals surface area (Å²) < 4.78 is 5.20. The van der Waals surface area contributed by atoms with Gasteiger partial charge in [0.05, 0.1) is 11.3 Å². The first-order chi connectivity index (χ1) is 13.1. The Balaban J connectivity index is 1.84. The van der Waals surface area contributed by atoms with Crippen LogP contribution < -0.4 is 0 Å². The van der Waals surface area contributed by atoms with Crippen molar-refractivity contribution in [2.75, 3.05) is 0 Å². The van der Waals surface area contributed by atoms with E-state index in [1.54, 1.807) is 30.3 Å². The third-order valence-corrected chi connectivity index (χ3v) is 3.91. The molecule has 0 heterocycles. The summed E-state index contributed by atoms with van der Waals surface area (Å²) in [5.74, 6) is -0.398. The van der Waals surface area contributed by atoms with Crippen LogP contribution in [0.4, 0.5) is 5.69 Å². The van der Waals surface area contributed by atoms with Gasteiger partial charge in [-0.25, -0.2) is 9.79 Å². The van der Waals surface area contributed by atoms with Crippen LogP contribution in [-0.2, 0) is 9.53 Å². The third-order valence-electron chi connectivity index (χ3n) is 3.68. The molecule has 27 heavy (non-hydrogen) atoms. The number of ether oxygens (including phenoxy) is 1. The van der Waals surface area contributed by atoms with Gasteiger partial charge in [0.1, 0.15) is 5.75 Å². The van der Waals surface area contributed by atoms with Gasteiger partial charge >= 0.3 is 5.97 Å². The molecule has 3 rings (SSSR count). The Bertz CT molecular complexity index is 980. The van der Waals surface area contributed by atoms with Crippen LogP contribution in [0.5, 0.6) is 5.75 Å². The van der Waals surface area contributed by atoms with E-state index >= 15 is 0 Å². The molecule has 1 N–H and O–H groups in total. The van der Waals surface area contributed by atoms with Gasteiger partial charge in [0, 0.05) is 5.02 Å². The van der Waals surface area contributed by atoms with E-state index in [2.05, 4.69) is 4.99 Å². The van der Waals surface area contributed by atoms with Crippen molar-refractivity contribution in [2.45, 2.75) is 0 Å². The number of benzene rings is 3. The minimum atomic E-state index is -0.538. The minimum Gasteiger partial charge on any atom is -0.508 e. The second kappa shape index (κ2) is 8.83. The molecular formula is C22H16ClNO3. The fourth-order valence-electron chi connectivity index (χ4n) is 2.38. The zero-order valence-electron chi connectivity index (χ0n) is 14.2. The first-order valence-corrected chi connectivity index (χ1v) is 8.55. The van der Waals surface area contributed by atoms with Gasteiger partial charge in [-0.1, -0.05) is 54.1 Å². The van der Waals surface area contributed by atoms with E-state index in [1.165, 1.54) is 12.1 Å². The monoisotopic (exact) mass is 377 g/mol. The summed E-state index contributed by atoms with van der Waals surface area (Å²) in [4.78, 5) is 16.7. The fraction of sp³-hybridized carbons (Fsp3) is 0. The van der Waals surface area contributed by atoms with Crippen LogP contribution in [0.2, 0.25) is 5.02 Å². The molecule has 0 aliphatic rings. The standard InChI is InChI=1S/C22H16ClNO3/c23-18-8-4-5-16(13-18)14-21(17-6-2-1-3-7-17)22(26)27-15-24-19-9-11-20(25)12-10-19/h1-15,25H/b21-14+,24-15?. The van der Waals surface area contributed by atoms with Crippen molar-refractivity contribution >= 4 is 41.3 Å². The number of esters is 1. The van der Waals surface area contributed by atoms with E-state index in [1.807, 2.05) is 42.5 Å². The number of carbonyl (C=O) groups excluding carboxylic acids is 1. The molecule has 0 saturated carbocycles. The van der Waals surface area contributed by atoms with Gasteiger partial charge in [-0.05, 0) is 53.6 Å². The van der Waals surface area contributed by atoms with Gasteiger partial charge in [0.15, 0.2) is 6.40 Å². The number of nitrogens with zero attached hydrogens (tertiary/aromatic N) is 1. The summed E-state index contributed by atoms with van der Waals surface area (Å²) >= 11 is 6.03. The van der Waals surface area contributed by atoms with E-state index in [0.29, 0.717) is 16.3 Å². The van der Waals surface area contributed by atoms with Crippen molar-refractivity contribution in [3.8, 4) is 5.75 Å². The molecule has 0 aliphatic heterocycles. The number of carbonyl (C=O) groups is 1. The predicted octanol–water partition coefficient (Wildman–Crippen LogP) is 5.49. The van der Waals surface area contributed by atoms with Crippen molar-refractivity contribution in [1.29, 1.82) is 0 Å². The molecule has 0 unspecified atom stereocenters. The normalized spacial score (nSPS) is 11.5. The van der Waals surface area contributed by atoms with Crippen LogP contribution >= 0.6 is 11.6 Å². The lowest BCUT2D eigenvalue weighted by molar-refractivity contribution is -0.128. The number of aliphatic imine (C=N–C) groups is 1. The molecule has 0 spiro atoms. The lowest BCUT2D eigenvalue weighted by Crippen LogP contribution is -2.06. The third kappa shape index (κ3) is 5.30. The Morgan fingerprint density at radius 2 is 1.70 bits per heavy atom. The van der Waals surface area contributed by atoms with E-state index in [-0.39, 0.29) is 5.75 Å². The molecular weight excluding hydrogens is 362 g/mol. The van der Waals surface area contributed by atoms with Crippen LogP contribution in [0, 0.1) is 0 Å². The Morgan fingerprint density at radius 3 is 2.41 bits per heavy atom. The van der Waals surface area contributed by atoms with Gasteiger partial charge in [0.2, 0.25) is 0 Å². The number of halogens is 1. The molecule has 3 aromatic rings. The summed E-state index contributed by atoms with van der Waals surface area (Å²) in [6, 6.07) is 22.7. The molecule has 4 nitrogen and oxygen atoms in total. The van der Waals surface area contributed by atoms with Crippen LogP contribution in [-0.4, -0.2) is 17.5 Å². The van der Waals surface area contributed by atoms with Crippen molar-refractivity contribution in [3.05, 3.63) is 95.0 Å². The average molecular weight is 378 g/mol. The van der Waals surface area contributed by atoms with Crippen LogP contribution in [0.25, 0.3) is 11.6 Å². The van der Waals surface area contributed by atoms with E-state index in [4.69, 9.17) is 16.3 Å². The summed E-state index contributed by atoms with van der Waals surface area (Å²) in [5, 5.41) is 9.86. The van der Waals surface area contributed by atoms with Crippen molar-refractivity contribution in [3.63, 3.8) is 0 Å². The number of phenolic OH excluding ortho intramolecular Hbond substituents is 1. The van der Waals surface area contributed by atoms with Crippen molar-refractivity contribution in [2.24, 2.45) is 4.99 Å². The molecule has 3 aromatic carbocycles. The Morgan fingerprint density at radius 1 is 0.963 bits per heavy atom. The van der Waals surface area contributed by atoms with Gasteiger partial charge in [-0.3, -0.25) is 0 Å². The van der Waals surface area contributed by atoms with Crippen molar-refractivity contribution in [1.82, 2.24) is 0 Å². The molecule has 0 aromatic heterocycles. The summed E-state index contributed by atoms with van der Waals surface area (Å²) in [7, 11) is 0. The molecule has 0 bridgehead atoms. The summed E-state index contributed by atoms with van der Waals surface area (Å²) in [5.41, 5.74) is 2.45. The van der Waals surface area contributed by atoms with Crippen LogP contribution in [0.15, 0.2) is 83.9 Å². The van der Waals surface area contributed by atoms with Gasteiger partial charge in [0.25, 0.3) is 0 Å². The maximum atomic E-state index is 12.6. The maximum Gasteiger partial charge on any atom is 0.345 e.